The Balaban J connectivity index is 1.23. The van der Waals surface area contributed by atoms with Crippen LogP contribution in [-0.2, 0) is 0 Å². The highest BCUT2D eigenvalue weighted by Gasteiger charge is 2.19. The number of nitrogens with zero attached hydrogens (tertiary/aromatic N) is 3. The van der Waals surface area contributed by atoms with E-state index >= 15 is 0 Å². The fourth-order valence-electron chi connectivity index (χ4n) is 7.72. The normalized spacial score (nSPS) is 11.7. The molecule has 2 heterocycles. The molecule has 8 aromatic carbocycles. The van der Waals surface area contributed by atoms with E-state index in [1.807, 2.05) is 0 Å². The molecule has 0 aliphatic carbocycles. The lowest BCUT2D eigenvalue weighted by atomic mass is 10.0. The first-order valence-corrected chi connectivity index (χ1v) is 16.8. The molecule has 10 rings (SSSR count). The molecule has 0 aliphatic heterocycles. The van der Waals surface area contributed by atoms with Gasteiger partial charge in [0.05, 0.1) is 22.1 Å². The molecule has 0 saturated carbocycles. The average molecular weight is 626 g/mol. The second-order valence-corrected chi connectivity index (χ2v) is 12.6. The summed E-state index contributed by atoms with van der Waals surface area (Å²) >= 11 is 0. The lowest BCUT2D eigenvalue weighted by Gasteiger charge is -2.25. The number of anilines is 3. The standard InChI is InChI=1S/C46H31N3/c1-4-14-33(15-5-1)47(34-16-6-2-7-17-34)36-25-27-37(28-26-36)48-43-22-12-11-21-39(43)42-30-32-24-29-40-38-20-10-13-23-44(38)49(35-18-8-3-9-19-35)46(40)41(32)31-45(42)48/h1-31H. The van der Waals surface area contributed by atoms with Gasteiger partial charge in [-0.1, -0.05) is 103 Å². The van der Waals surface area contributed by atoms with Crippen LogP contribution < -0.4 is 4.90 Å². The van der Waals surface area contributed by atoms with Crippen LogP contribution in [-0.4, -0.2) is 9.13 Å². The summed E-state index contributed by atoms with van der Waals surface area (Å²) in [5, 5.41) is 7.51. The molecule has 2 aromatic heterocycles. The van der Waals surface area contributed by atoms with E-state index in [2.05, 4.69) is 202 Å². The van der Waals surface area contributed by atoms with Gasteiger partial charge in [0.2, 0.25) is 0 Å². The number of hydrogen-bond donors (Lipinski definition) is 0. The van der Waals surface area contributed by atoms with Crippen LogP contribution in [0.4, 0.5) is 17.1 Å². The molecule has 0 aliphatic rings. The molecule has 3 nitrogen and oxygen atoms in total. The van der Waals surface area contributed by atoms with Gasteiger partial charge < -0.3 is 14.0 Å². The van der Waals surface area contributed by atoms with Gasteiger partial charge in [-0.2, -0.15) is 0 Å². The molecule has 3 heteroatoms. The predicted molar refractivity (Wildman–Crippen MR) is 207 cm³/mol. The first-order chi connectivity index (χ1) is 24.3. The van der Waals surface area contributed by atoms with Crippen molar-refractivity contribution in [3.05, 3.63) is 188 Å². The van der Waals surface area contributed by atoms with Crippen molar-refractivity contribution in [1.29, 1.82) is 0 Å². The summed E-state index contributed by atoms with van der Waals surface area (Å²) in [6.45, 7) is 0. The minimum atomic E-state index is 1.11. The number of benzene rings is 8. The predicted octanol–water partition coefficient (Wildman–Crippen LogP) is 12.5. The Morgan fingerprint density at radius 1 is 0.306 bits per heavy atom. The molecule has 0 bridgehead atoms. The third kappa shape index (κ3) is 4.29. The van der Waals surface area contributed by atoms with Gasteiger partial charge in [0.15, 0.2) is 0 Å². The van der Waals surface area contributed by atoms with Crippen LogP contribution in [0.25, 0.3) is 65.8 Å². The van der Waals surface area contributed by atoms with Crippen LogP contribution in [0.15, 0.2) is 188 Å². The number of fused-ring (bicyclic) bond motifs is 8. The number of aromatic nitrogens is 2. The summed E-state index contributed by atoms with van der Waals surface area (Å²) < 4.78 is 4.86. The molecule has 10 aromatic rings. The molecule has 0 radical (unpaired) electrons. The molecule has 0 atom stereocenters. The van der Waals surface area contributed by atoms with Crippen LogP contribution >= 0.6 is 0 Å². The first kappa shape index (κ1) is 27.5. The lowest BCUT2D eigenvalue weighted by Crippen LogP contribution is -2.09. The molecular weight excluding hydrogens is 595 g/mol. The largest absolute Gasteiger partial charge is 0.311 e. The van der Waals surface area contributed by atoms with Crippen molar-refractivity contribution in [3.8, 4) is 11.4 Å². The Hall–Kier alpha value is -6.58. The molecule has 0 spiro atoms. The zero-order valence-corrected chi connectivity index (χ0v) is 26.7. The van der Waals surface area contributed by atoms with E-state index < -0.39 is 0 Å². The molecule has 0 fully saturated rings. The zero-order valence-electron chi connectivity index (χ0n) is 26.7. The Morgan fingerprint density at radius 3 is 1.47 bits per heavy atom. The second kappa shape index (κ2) is 11.0. The van der Waals surface area contributed by atoms with Crippen LogP contribution in [0.1, 0.15) is 0 Å². The van der Waals surface area contributed by atoms with Gasteiger partial charge >= 0.3 is 0 Å². The molecule has 230 valence electrons. The van der Waals surface area contributed by atoms with Crippen LogP contribution in [0.5, 0.6) is 0 Å². The van der Waals surface area contributed by atoms with Crippen molar-refractivity contribution >= 4 is 71.4 Å². The van der Waals surface area contributed by atoms with E-state index in [-0.39, 0.29) is 0 Å². The summed E-state index contributed by atoms with van der Waals surface area (Å²) in [4.78, 5) is 2.31. The fourth-order valence-corrected chi connectivity index (χ4v) is 7.72. The summed E-state index contributed by atoms with van der Waals surface area (Å²) in [5.74, 6) is 0. The minimum absolute atomic E-state index is 1.11. The Labute approximate surface area is 284 Å². The quantitative estimate of drug-likeness (QED) is 0.185. The molecule has 49 heavy (non-hydrogen) atoms. The highest BCUT2D eigenvalue weighted by molar-refractivity contribution is 6.22. The Bertz CT molecular complexity index is 2750. The van der Waals surface area contributed by atoms with Crippen molar-refractivity contribution in [3.63, 3.8) is 0 Å². The van der Waals surface area contributed by atoms with Gasteiger partial charge in [-0.3, -0.25) is 0 Å². The van der Waals surface area contributed by atoms with E-state index in [4.69, 9.17) is 0 Å². The SMILES string of the molecule is c1ccc(N(c2ccccc2)c2ccc(-n3c4ccccc4c4cc5ccc6c7ccccc7n(-c7ccccc7)c6c5cc43)cc2)cc1. The highest BCUT2D eigenvalue weighted by atomic mass is 15.1. The topological polar surface area (TPSA) is 13.1 Å². The second-order valence-electron chi connectivity index (χ2n) is 12.6. The zero-order chi connectivity index (χ0) is 32.3. The monoisotopic (exact) mass is 625 g/mol. The van der Waals surface area contributed by atoms with E-state index in [1.165, 1.54) is 60.1 Å². The summed E-state index contributed by atoms with van der Waals surface area (Å²) in [6.07, 6.45) is 0. The first-order valence-electron chi connectivity index (χ1n) is 16.8. The van der Waals surface area contributed by atoms with Gasteiger partial charge in [-0.25, -0.2) is 0 Å². The Kier molecular flexibility index (Phi) is 6.18. The summed E-state index contributed by atoms with van der Waals surface area (Å²) in [7, 11) is 0. The molecule has 0 saturated heterocycles. The third-order valence-electron chi connectivity index (χ3n) is 9.85. The van der Waals surface area contributed by atoms with Crippen LogP contribution in [0.2, 0.25) is 0 Å². The van der Waals surface area contributed by atoms with Crippen molar-refractivity contribution in [1.82, 2.24) is 9.13 Å². The van der Waals surface area contributed by atoms with Crippen molar-refractivity contribution in [2.75, 3.05) is 4.90 Å². The molecular formula is C46H31N3. The average Bonchev–Trinajstić information content (AvgIpc) is 3.68. The van der Waals surface area contributed by atoms with E-state index in [9.17, 15) is 0 Å². The van der Waals surface area contributed by atoms with Crippen molar-refractivity contribution in [2.24, 2.45) is 0 Å². The number of para-hydroxylation sites is 5. The van der Waals surface area contributed by atoms with Gasteiger partial charge in [0, 0.05) is 55.4 Å². The number of hydrogen-bond acceptors (Lipinski definition) is 1. The highest BCUT2D eigenvalue weighted by Crippen LogP contribution is 2.41. The van der Waals surface area contributed by atoms with E-state index in [0.29, 0.717) is 0 Å². The maximum Gasteiger partial charge on any atom is 0.0620 e. The van der Waals surface area contributed by atoms with Crippen molar-refractivity contribution in [2.45, 2.75) is 0 Å². The summed E-state index contributed by atoms with van der Waals surface area (Å²) in [5.41, 5.74) is 10.5. The molecule has 0 amide bonds. The maximum atomic E-state index is 2.43. The van der Waals surface area contributed by atoms with Gasteiger partial charge in [0.25, 0.3) is 0 Å². The van der Waals surface area contributed by atoms with Gasteiger partial charge in [0.1, 0.15) is 0 Å². The van der Waals surface area contributed by atoms with E-state index in [0.717, 1.165) is 22.7 Å². The minimum Gasteiger partial charge on any atom is -0.311 e. The van der Waals surface area contributed by atoms with Crippen molar-refractivity contribution < 1.29 is 0 Å². The lowest BCUT2D eigenvalue weighted by molar-refractivity contribution is 1.17. The fraction of sp³-hybridized carbons (Fsp3) is 0. The maximum absolute atomic E-state index is 2.43. The number of rotatable bonds is 5. The third-order valence-corrected chi connectivity index (χ3v) is 9.85. The van der Waals surface area contributed by atoms with Crippen LogP contribution in [0.3, 0.4) is 0 Å². The molecule has 0 unspecified atom stereocenters. The summed E-state index contributed by atoms with van der Waals surface area (Å²) in [6, 6.07) is 67.8. The van der Waals surface area contributed by atoms with E-state index in [1.54, 1.807) is 0 Å². The van der Waals surface area contributed by atoms with Gasteiger partial charge in [-0.05, 0) is 90.3 Å². The smallest absolute Gasteiger partial charge is 0.0620 e. The Morgan fingerprint density at radius 2 is 0.816 bits per heavy atom. The molecule has 0 N–H and O–H groups in total. The van der Waals surface area contributed by atoms with Crippen LogP contribution in [0, 0.1) is 0 Å². The van der Waals surface area contributed by atoms with Gasteiger partial charge in [-0.15, -0.1) is 0 Å².